The van der Waals surface area contributed by atoms with Gasteiger partial charge in [0.2, 0.25) is 12.1 Å². The largest absolute Gasteiger partial charge is 0.479 e. The van der Waals surface area contributed by atoms with Crippen molar-refractivity contribution in [1.82, 2.24) is 4.90 Å². The number of alkyl halides is 1. The Hall–Kier alpha value is -1.13. The molecule has 0 aromatic carbocycles. The Kier molecular flexibility index (Phi) is 3.22. The van der Waals surface area contributed by atoms with Crippen molar-refractivity contribution in [1.29, 1.82) is 0 Å². The summed E-state index contributed by atoms with van der Waals surface area (Å²) in [7, 11) is 0. The summed E-state index contributed by atoms with van der Waals surface area (Å²) in [5.41, 5.74) is 0. The van der Waals surface area contributed by atoms with Crippen molar-refractivity contribution in [2.24, 2.45) is 0 Å². The number of carbonyl (C=O) groups is 2. The Balaban J connectivity index is 2.35. The molecule has 1 rings (SSSR count). The molecule has 0 saturated carbocycles. The van der Waals surface area contributed by atoms with Crippen LogP contribution in [0.25, 0.3) is 0 Å². The van der Waals surface area contributed by atoms with Crippen molar-refractivity contribution >= 4 is 11.9 Å². The normalized spacial score (nSPS) is 18.7. The highest BCUT2D eigenvalue weighted by Crippen LogP contribution is 2.11. The minimum absolute atomic E-state index is 0.396. The van der Waals surface area contributed by atoms with E-state index in [0.29, 0.717) is 13.1 Å². The van der Waals surface area contributed by atoms with Gasteiger partial charge in [-0.05, 0) is 12.8 Å². The second kappa shape index (κ2) is 4.20. The van der Waals surface area contributed by atoms with Gasteiger partial charge in [0.25, 0.3) is 0 Å². The van der Waals surface area contributed by atoms with Gasteiger partial charge < -0.3 is 10.0 Å². The van der Waals surface area contributed by atoms with Crippen molar-refractivity contribution in [2.75, 3.05) is 13.1 Å². The van der Waals surface area contributed by atoms with Crippen LogP contribution in [0.5, 0.6) is 0 Å². The van der Waals surface area contributed by atoms with E-state index < -0.39 is 24.5 Å². The quantitative estimate of drug-likeness (QED) is 0.700. The summed E-state index contributed by atoms with van der Waals surface area (Å²) in [5.74, 6) is -1.96. The molecule has 13 heavy (non-hydrogen) atoms. The average molecular weight is 189 g/mol. The fourth-order valence-electron chi connectivity index (χ4n) is 1.34. The number of aliphatic carboxylic acids is 1. The van der Waals surface area contributed by atoms with Crippen molar-refractivity contribution in [2.45, 2.75) is 25.4 Å². The van der Waals surface area contributed by atoms with Gasteiger partial charge in [-0.3, -0.25) is 4.79 Å². The molecule has 1 atom stereocenters. The van der Waals surface area contributed by atoms with Crippen LogP contribution in [0.1, 0.15) is 19.3 Å². The third-order valence-electron chi connectivity index (χ3n) is 2.08. The minimum Gasteiger partial charge on any atom is -0.479 e. The van der Waals surface area contributed by atoms with Crippen molar-refractivity contribution in [3.8, 4) is 0 Å². The number of carboxylic acid groups (broad SMARTS) is 1. The van der Waals surface area contributed by atoms with Crippen LogP contribution in [0.3, 0.4) is 0 Å². The van der Waals surface area contributed by atoms with E-state index in [-0.39, 0.29) is 0 Å². The van der Waals surface area contributed by atoms with E-state index in [1.807, 2.05) is 0 Å². The number of carbonyl (C=O) groups excluding carboxylic acids is 1. The highest BCUT2D eigenvalue weighted by atomic mass is 19.1. The van der Waals surface area contributed by atoms with Crippen LogP contribution in [0.4, 0.5) is 4.39 Å². The third-order valence-corrected chi connectivity index (χ3v) is 2.08. The van der Waals surface area contributed by atoms with Gasteiger partial charge in [0.1, 0.15) is 0 Å². The molecule has 1 aliphatic rings. The van der Waals surface area contributed by atoms with Crippen LogP contribution in [-0.2, 0) is 9.59 Å². The van der Waals surface area contributed by atoms with E-state index in [1.54, 1.807) is 0 Å². The number of hydrogen-bond donors (Lipinski definition) is 1. The summed E-state index contributed by atoms with van der Waals surface area (Å²) < 4.78 is 12.6. The number of rotatable bonds is 3. The highest BCUT2D eigenvalue weighted by molar-refractivity contribution is 5.83. The van der Waals surface area contributed by atoms with Crippen LogP contribution in [-0.4, -0.2) is 41.1 Å². The molecular weight excluding hydrogens is 177 g/mol. The maximum atomic E-state index is 12.6. The summed E-state index contributed by atoms with van der Waals surface area (Å²) in [6, 6.07) is 0. The Morgan fingerprint density at radius 1 is 1.38 bits per heavy atom. The molecule has 0 aromatic heterocycles. The number of nitrogens with zero attached hydrogens (tertiary/aromatic N) is 1. The molecule has 1 heterocycles. The molecule has 0 bridgehead atoms. The molecule has 0 aromatic rings. The average Bonchev–Trinajstić information content (AvgIpc) is 2.55. The third kappa shape index (κ3) is 2.68. The fourth-order valence-corrected chi connectivity index (χ4v) is 1.34. The molecule has 0 radical (unpaired) electrons. The van der Waals surface area contributed by atoms with Gasteiger partial charge >= 0.3 is 5.97 Å². The minimum atomic E-state index is -2.06. The first-order valence-electron chi connectivity index (χ1n) is 4.26. The van der Waals surface area contributed by atoms with Crippen molar-refractivity contribution in [3.05, 3.63) is 0 Å². The van der Waals surface area contributed by atoms with Crippen LogP contribution >= 0.6 is 0 Å². The van der Waals surface area contributed by atoms with Crippen molar-refractivity contribution in [3.63, 3.8) is 0 Å². The van der Waals surface area contributed by atoms with Crippen molar-refractivity contribution < 1.29 is 19.1 Å². The van der Waals surface area contributed by atoms with E-state index in [0.717, 1.165) is 12.8 Å². The van der Waals surface area contributed by atoms with Gasteiger partial charge in [-0.15, -0.1) is 0 Å². The van der Waals surface area contributed by atoms with Gasteiger partial charge in [0.15, 0.2) is 0 Å². The van der Waals surface area contributed by atoms with Gasteiger partial charge in [0.05, 0.1) is 6.42 Å². The van der Waals surface area contributed by atoms with Gasteiger partial charge in [-0.25, -0.2) is 9.18 Å². The topological polar surface area (TPSA) is 57.6 Å². The molecular formula is C8H12FNO3. The van der Waals surface area contributed by atoms with Crippen LogP contribution in [0.2, 0.25) is 0 Å². The lowest BCUT2D eigenvalue weighted by Gasteiger charge is -2.15. The molecule has 1 unspecified atom stereocenters. The predicted octanol–water partition coefficient (Wildman–Crippen LogP) is 0.422. The SMILES string of the molecule is O=C(O)C(F)CC(=O)N1CCCC1. The molecule has 1 saturated heterocycles. The number of halogens is 1. The summed E-state index contributed by atoms with van der Waals surface area (Å²) in [6.07, 6.45) is -0.742. The smallest absolute Gasteiger partial charge is 0.338 e. The van der Waals surface area contributed by atoms with E-state index in [9.17, 15) is 14.0 Å². The predicted molar refractivity (Wildman–Crippen MR) is 43.0 cm³/mol. The van der Waals surface area contributed by atoms with Gasteiger partial charge in [0, 0.05) is 13.1 Å². The van der Waals surface area contributed by atoms with E-state index in [2.05, 4.69) is 0 Å². The van der Waals surface area contributed by atoms with Gasteiger partial charge in [-0.2, -0.15) is 0 Å². The number of carboxylic acids is 1. The van der Waals surface area contributed by atoms with Crippen LogP contribution in [0, 0.1) is 0 Å². The first-order chi connectivity index (χ1) is 6.11. The molecule has 0 spiro atoms. The molecule has 5 heteroatoms. The Morgan fingerprint density at radius 2 is 1.92 bits per heavy atom. The zero-order valence-corrected chi connectivity index (χ0v) is 7.20. The van der Waals surface area contributed by atoms with Gasteiger partial charge in [-0.1, -0.05) is 0 Å². The number of hydrogen-bond acceptors (Lipinski definition) is 2. The van der Waals surface area contributed by atoms with Crippen LogP contribution in [0.15, 0.2) is 0 Å². The molecule has 1 aliphatic heterocycles. The number of amides is 1. The lowest BCUT2D eigenvalue weighted by Crippen LogP contribution is -2.31. The molecule has 1 amide bonds. The Labute approximate surface area is 75.3 Å². The van der Waals surface area contributed by atoms with E-state index >= 15 is 0 Å². The lowest BCUT2D eigenvalue weighted by atomic mass is 10.2. The highest BCUT2D eigenvalue weighted by Gasteiger charge is 2.25. The first kappa shape index (κ1) is 9.95. The summed E-state index contributed by atoms with van der Waals surface area (Å²) in [5, 5.41) is 8.23. The summed E-state index contributed by atoms with van der Waals surface area (Å²) in [6.45, 7) is 1.26. The first-order valence-corrected chi connectivity index (χ1v) is 4.26. The maximum Gasteiger partial charge on any atom is 0.338 e. The summed E-state index contributed by atoms with van der Waals surface area (Å²) >= 11 is 0. The summed E-state index contributed by atoms with van der Waals surface area (Å²) in [4.78, 5) is 22.8. The fraction of sp³-hybridized carbons (Fsp3) is 0.750. The molecule has 1 N–H and O–H groups in total. The molecule has 4 nitrogen and oxygen atoms in total. The standard InChI is InChI=1S/C8H12FNO3/c9-6(8(12)13)5-7(11)10-3-1-2-4-10/h6H,1-5H2,(H,12,13). The molecule has 74 valence electrons. The zero-order chi connectivity index (χ0) is 9.84. The van der Waals surface area contributed by atoms with E-state index in [1.165, 1.54) is 4.90 Å². The lowest BCUT2D eigenvalue weighted by molar-refractivity contribution is -0.146. The monoisotopic (exact) mass is 189 g/mol. The zero-order valence-electron chi connectivity index (χ0n) is 7.20. The maximum absolute atomic E-state index is 12.6. The van der Waals surface area contributed by atoms with E-state index in [4.69, 9.17) is 5.11 Å². The Morgan fingerprint density at radius 3 is 2.38 bits per heavy atom. The second-order valence-electron chi connectivity index (χ2n) is 3.10. The number of likely N-dealkylation sites (tertiary alicyclic amines) is 1. The van der Waals surface area contributed by atoms with Crippen LogP contribution < -0.4 is 0 Å². The molecule has 1 fully saturated rings. The Bertz CT molecular complexity index is 213. The second-order valence-corrected chi connectivity index (χ2v) is 3.10. The molecule has 0 aliphatic carbocycles.